The smallest absolute Gasteiger partial charge is 0.174 e. The molecule has 1 N–H and O–H groups in total. The number of allylic oxidation sites excluding steroid dienone is 2. The standard InChI is InChI=1S/C9H13NO2/c1-7(11)4-5-8-6-12-9(2,3)10-8/h4-6,10H,1-3H3/b5-4+. The molecule has 0 saturated carbocycles. The molecule has 66 valence electrons. The zero-order valence-corrected chi connectivity index (χ0v) is 7.55. The van der Waals surface area contributed by atoms with Gasteiger partial charge >= 0.3 is 0 Å². The van der Waals surface area contributed by atoms with Gasteiger partial charge in [-0.3, -0.25) is 4.79 Å². The summed E-state index contributed by atoms with van der Waals surface area (Å²) in [5, 5.41) is 3.09. The molecule has 0 aliphatic carbocycles. The molecule has 3 nitrogen and oxygen atoms in total. The van der Waals surface area contributed by atoms with Crippen molar-refractivity contribution in [3.8, 4) is 0 Å². The Kier molecular flexibility index (Phi) is 2.22. The van der Waals surface area contributed by atoms with Crippen LogP contribution in [0.4, 0.5) is 0 Å². The average Bonchev–Trinajstić information content (AvgIpc) is 2.26. The van der Waals surface area contributed by atoms with Crippen molar-refractivity contribution >= 4 is 5.78 Å². The second-order valence-electron chi connectivity index (χ2n) is 3.27. The molecule has 0 aromatic rings. The van der Waals surface area contributed by atoms with E-state index in [2.05, 4.69) is 5.32 Å². The van der Waals surface area contributed by atoms with E-state index in [9.17, 15) is 4.79 Å². The summed E-state index contributed by atoms with van der Waals surface area (Å²) in [6.07, 6.45) is 4.82. The van der Waals surface area contributed by atoms with Crippen molar-refractivity contribution < 1.29 is 9.53 Å². The zero-order valence-electron chi connectivity index (χ0n) is 7.55. The van der Waals surface area contributed by atoms with E-state index in [0.717, 1.165) is 5.70 Å². The van der Waals surface area contributed by atoms with Crippen molar-refractivity contribution in [3.63, 3.8) is 0 Å². The number of hydrogen-bond acceptors (Lipinski definition) is 3. The summed E-state index contributed by atoms with van der Waals surface area (Å²) < 4.78 is 5.25. The van der Waals surface area contributed by atoms with E-state index in [-0.39, 0.29) is 11.5 Å². The molecule has 0 radical (unpaired) electrons. The Bertz CT molecular complexity index is 251. The lowest BCUT2D eigenvalue weighted by atomic mass is 10.3. The molecule has 0 bridgehead atoms. The normalized spacial score (nSPS) is 20.1. The maximum absolute atomic E-state index is 10.6. The van der Waals surface area contributed by atoms with E-state index in [1.54, 1.807) is 12.3 Å². The van der Waals surface area contributed by atoms with Crippen LogP contribution in [0.3, 0.4) is 0 Å². The Morgan fingerprint density at radius 1 is 1.67 bits per heavy atom. The van der Waals surface area contributed by atoms with Crippen LogP contribution in [0.2, 0.25) is 0 Å². The Morgan fingerprint density at radius 3 is 2.75 bits per heavy atom. The predicted octanol–water partition coefficient (Wildman–Crippen LogP) is 1.33. The molecule has 0 aromatic carbocycles. The molecular weight excluding hydrogens is 154 g/mol. The van der Waals surface area contributed by atoms with Crippen molar-refractivity contribution in [1.82, 2.24) is 5.32 Å². The minimum atomic E-state index is -0.351. The molecule has 0 saturated heterocycles. The first-order valence-electron chi connectivity index (χ1n) is 3.84. The van der Waals surface area contributed by atoms with Gasteiger partial charge in [0.25, 0.3) is 0 Å². The summed E-state index contributed by atoms with van der Waals surface area (Å²) in [7, 11) is 0. The zero-order chi connectivity index (χ0) is 9.19. The number of ether oxygens (including phenoxy) is 1. The monoisotopic (exact) mass is 167 g/mol. The second kappa shape index (κ2) is 3.01. The summed E-state index contributed by atoms with van der Waals surface area (Å²) in [6, 6.07) is 0. The summed E-state index contributed by atoms with van der Waals surface area (Å²) in [6.45, 7) is 5.34. The van der Waals surface area contributed by atoms with E-state index < -0.39 is 0 Å². The van der Waals surface area contributed by atoms with Crippen LogP contribution in [-0.4, -0.2) is 11.5 Å². The maximum Gasteiger partial charge on any atom is 0.174 e. The molecule has 0 amide bonds. The van der Waals surface area contributed by atoms with Crippen LogP contribution in [0.25, 0.3) is 0 Å². The first kappa shape index (κ1) is 8.84. The van der Waals surface area contributed by atoms with Crippen molar-refractivity contribution in [3.05, 3.63) is 24.1 Å². The van der Waals surface area contributed by atoms with Crippen LogP contribution < -0.4 is 5.32 Å². The van der Waals surface area contributed by atoms with Crippen molar-refractivity contribution in [1.29, 1.82) is 0 Å². The highest BCUT2D eigenvalue weighted by Crippen LogP contribution is 2.16. The maximum atomic E-state index is 10.6. The van der Waals surface area contributed by atoms with E-state index in [0.29, 0.717) is 0 Å². The third kappa shape index (κ3) is 2.42. The fraction of sp³-hybridized carbons (Fsp3) is 0.444. The lowest BCUT2D eigenvalue weighted by Gasteiger charge is -2.18. The molecular formula is C9H13NO2. The van der Waals surface area contributed by atoms with Gasteiger partial charge in [-0.1, -0.05) is 0 Å². The minimum absolute atomic E-state index is 0.0300. The molecule has 1 rings (SSSR count). The molecule has 0 fully saturated rings. The lowest BCUT2D eigenvalue weighted by Crippen LogP contribution is -2.34. The molecule has 0 atom stereocenters. The molecule has 0 aromatic heterocycles. The summed E-state index contributed by atoms with van der Waals surface area (Å²) >= 11 is 0. The van der Waals surface area contributed by atoms with Crippen molar-refractivity contribution in [2.75, 3.05) is 0 Å². The van der Waals surface area contributed by atoms with E-state index in [1.807, 2.05) is 13.8 Å². The van der Waals surface area contributed by atoms with Crippen LogP contribution in [0.15, 0.2) is 24.1 Å². The first-order valence-corrected chi connectivity index (χ1v) is 3.84. The highest BCUT2D eigenvalue weighted by atomic mass is 16.5. The summed E-state index contributed by atoms with van der Waals surface area (Å²) in [4.78, 5) is 10.6. The minimum Gasteiger partial charge on any atom is -0.474 e. The highest BCUT2D eigenvalue weighted by Gasteiger charge is 2.22. The molecule has 1 aliphatic rings. The number of rotatable bonds is 2. The van der Waals surface area contributed by atoms with Crippen LogP contribution in [0.1, 0.15) is 20.8 Å². The van der Waals surface area contributed by atoms with Crippen LogP contribution in [0, 0.1) is 0 Å². The molecule has 1 heterocycles. The van der Waals surface area contributed by atoms with Gasteiger partial charge in [0.1, 0.15) is 6.26 Å². The van der Waals surface area contributed by atoms with Gasteiger partial charge in [0.05, 0.1) is 5.70 Å². The Hall–Kier alpha value is -1.25. The van der Waals surface area contributed by atoms with Gasteiger partial charge in [0, 0.05) is 0 Å². The number of carbonyl (C=O) groups excluding carboxylic acids is 1. The van der Waals surface area contributed by atoms with Gasteiger partial charge in [-0.15, -0.1) is 0 Å². The van der Waals surface area contributed by atoms with Gasteiger partial charge < -0.3 is 10.1 Å². The van der Waals surface area contributed by atoms with Gasteiger partial charge in [0.2, 0.25) is 0 Å². The summed E-state index contributed by atoms with van der Waals surface area (Å²) in [5.74, 6) is 0.0300. The van der Waals surface area contributed by atoms with Crippen LogP contribution in [-0.2, 0) is 9.53 Å². The first-order chi connectivity index (χ1) is 5.49. The van der Waals surface area contributed by atoms with Gasteiger partial charge in [-0.05, 0) is 32.9 Å². The number of nitrogens with one attached hydrogen (secondary N) is 1. The Labute approximate surface area is 72.1 Å². The third-order valence-electron chi connectivity index (χ3n) is 1.42. The van der Waals surface area contributed by atoms with Gasteiger partial charge in [-0.25, -0.2) is 0 Å². The van der Waals surface area contributed by atoms with Gasteiger partial charge in [-0.2, -0.15) is 0 Å². The second-order valence-corrected chi connectivity index (χ2v) is 3.27. The van der Waals surface area contributed by atoms with Crippen LogP contribution >= 0.6 is 0 Å². The SMILES string of the molecule is CC(=O)/C=C/C1=COC(C)(C)N1. The van der Waals surface area contributed by atoms with E-state index in [4.69, 9.17) is 4.74 Å². The number of hydrogen-bond donors (Lipinski definition) is 1. The number of ketones is 1. The Balaban J connectivity index is 2.53. The highest BCUT2D eigenvalue weighted by molar-refractivity contribution is 5.87. The van der Waals surface area contributed by atoms with E-state index >= 15 is 0 Å². The Morgan fingerprint density at radius 2 is 2.33 bits per heavy atom. The van der Waals surface area contributed by atoms with Gasteiger partial charge in [0.15, 0.2) is 11.5 Å². The fourth-order valence-corrected chi connectivity index (χ4v) is 0.905. The summed E-state index contributed by atoms with van der Waals surface area (Å²) in [5.41, 5.74) is 0.478. The van der Waals surface area contributed by atoms with Crippen molar-refractivity contribution in [2.45, 2.75) is 26.5 Å². The molecule has 0 unspecified atom stereocenters. The topological polar surface area (TPSA) is 38.3 Å². The molecule has 1 aliphatic heterocycles. The van der Waals surface area contributed by atoms with Crippen LogP contribution in [0.5, 0.6) is 0 Å². The quantitative estimate of drug-likeness (QED) is 0.630. The largest absolute Gasteiger partial charge is 0.474 e. The third-order valence-corrected chi connectivity index (χ3v) is 1.42. The average molecular weight is 167 g/mol. The lowest BCUT2D eigenvalue weighted by molar-refractivity contribution is -0.112. The van der Waals surface area contributed by atoms with Crippen molar-refractivity contribution in [2.24, 2.45) is 0 Å². The molecule has 3 heteroatoms. The molecule has 0 spiro atoms. The molecule has 12 heavy (non-hydrogen) atoms. The fourth-order valence-electron chi connectivity index (χ4n) is 0.905. The predicted molar refractivity (Wildman–Crippen MR) is 46.2 cm³/mol. The van der Waals surface area contributed by atoms with E-state index in [1.165, 1.54) is 13.0 Å². The number of carbonyl (C=O) groups is 1.